The van der Waals surface area contributed by atoms with Gasteiger partial charge in [0.05, 0.1) is 18.8 Å². The van der Waals surface area contributed by atoms with Crippen LogP contribution in [0.3, 0.4) is 0 Å². The Morgan fingerprint density at radius 2 is 1.90 bits per heavy atom. The summed E-state index contributed by atoms with van der Waals surface area (Å²) in [4.78, 5) is 12.0. The summed E-state index contributed by atoms with van der Waals surface area (Å²) in [6.45, 7) is 7.50. The molecular formula is C24H32O5. The molecule has 7 atom stereocenters. The van der Waals surface area contributed by atoms with Gasteiger partial charge in [-0.1, -0.05) is 49.4 Å². The van der Waals surface area contributed by atoms with Crippen molar-refractivity contribution >= 4 is 6.08 Å². The van der Waals surface area contributed by atoms with Gasteiger partial charge in [-0.15, -0.1) is 0 Å². The van der Waals surface area contributed by atoms with E-state index in [0.717, 1.165) is 19.3 Å². The van der Waals surface area contributed by atoms with Crippen LogP contribution in [0.25, 0.3) is 6.08 Å². The zero-order valence-corrected chi connectivity index (χ0v) is 17.6. The minimum Gasteiger partial charge on any atom is -0.374 e. The van der Waals surface area contributed by atoms with Gasteiger partial charge in [0.15, 0.2) is 11.9 Å². The average molecular weight is 401 g/mol. The van der Waals surface area contributed by atoms with E-state index in [-0.39, 0.29) is 5.92 Å². The van der Waals surface area contributed by atoms with E-state index in [9.17, 15) is 0 Å². The largest absolute Gasteiger partial charge is 0.374 e. The normalized spacial score (nSPS) is 46.0. The molecule has 4 aliphatic heterocycles. The highest BCUT2D eigenvalue weighted by molar-refractivity contribution is 5.48. The van der Waals surface area contributed by atoms with E-state index < -0.39 is 23.3 Å². The van der Waals surface area contributed by atoms with E-state index >= 15 is 0 Å². The first-order valence-electron chi connectivity index (χ1n) is 11.0. The Labute approximate surface area is 173 Å². The predicted octanol–water partition coefficient (Wildman–Crippen LogP) is 4.72. The lowest BCUT2D eigenvalue weighted by Gasteiger charge is -2.50. The second-order valence-corrected chi connectivity index (χ2v) is 9.61. The number of rotatable bonds is 5. The van der Waals surface area contributed by atoms with Crippen LogP contribution in [-0.4, -0.2) is 36.5 Å². The van der Waals surface area contributed by atoms with Crippen molar-refractivity contribution in [2.75, 3.05) is 13.2 Å². The summed E-state index contributed by atoms with van der Waals surface area (Å²) in [6.07, 6.45) is 7.85. The van der Waals surface area contributed by atoms with Gasteiger partial charge in [0, 0.05) is 12.3 Å². The van der Waals surface area contributed by atoms with Crippen molar-refractivity contribution in [3.63, 3.8) is 0 Å². The van der Waals surface area contributed by atoms with Crippen molar-refractivity contribution < 1.29 is 24.0 Å². The molecule has 5 nitrogen and oxygen atoms in total. The molecule has 5 fully saturated rings. The third-order valence-electron chi connectivity index (χ3n) is 7.54. The zero-order valence-electron chi connectivity index (χ0n) is 17.6. The summed E-state index contributed by atoms with van der Waals surface area (Å²) in [5.74, 6) is 0.432. The van der Waals surface area contributed by atoms with Crippen molar-refractivity contribution in [2.24, 2.45) is 17.8 Å². The Bertz CT molecular complexity index is 766. The van der Waals surface area contributed by atoms with E-state index in [0.29, 0.717) is 25.0 Å². The van der Waals surface area contributed by atoms with Crippen molar-refractivity contribution in [2.45, 2.75) is 69.7 Å². The molecule has 4 saturated heterocycles. The van der Waals surface area contributed by atoms with E-state index in [1.54, 1.807) is 0 Å². The van der Waals surface area contributed by atoms with Gasteiger partial charge in [-0.2, -0.15) is 0 Å². The molecule has 1 aliphatic carbocycles. The monoisotopic (exact) mass is 400 g/mol. The lowest BCUT2D eigenvalue weighted by atomic mass is 9.60. The molecule has 5 heteroatoms. The Hall–Kier alpha value is -1.24. The highest BCUT2D eigenvalue weighted by Gasteiger charge is 2.73. The van der Waals surface area contributed by atoms with Gasteiger partial charge in [-0.05, 0) is 50.5 Å². The molecule has 6 rings (SSSR count). The van der Waals surface area contributed by atoms with Gasteiger partial charge >= 0.3 is 0 Å². The summed E-state index contributed by atoms with van der Waals surface area (Å²) in [6, 6.07) is 10.3. The van der Waals surface area contributed by atoms with Gasteiger partial charge in [0.1, 0.15) is 0 Å². The average Bonchev–Trinajstić information content (AvgIpc) is 2.80. The molecule has 1 aromatic carbocycles. The van der Waals surface area contributed by atoms with E-state index in [1.165, 1.54) is 12.0 Å². The van der Waals surface area contributed by atoms with E-state index in [4.69, 9.17) is 24.0 Å². The van der Waals surface area contributed by atoms with Crippen LogP contribution >= 0.6 is 0 Å². The molecule has 0 amide bonds. The van der Waals surface area contributed by atoms with Crippen LogP contribution in [0.5, 0.6) is 0 Å². The molecule has 1 saturated carbocycles. The summed E-state index contributed by atoms with van der Waals surface area (Å²) >= 11 is 0. The third kappa shape index (κ3) is 3.19. The molecule has 1 aromatic rings. The maximum absolute atomic E-state index is 6.57. The van der Waals surface area contributed by atoms with E-state index in [2.05, 4.69) is 38.1 Å². The quantitative estimate of drug-likeness (QED) is 0.529. The minimum atomic E-state index is -0.720. The summed E-state index contributed by atoms with van der Waals surface area (Å²) < 4.78 is 19.0. The van der Waals surface area contributed by atoms with Crippen LogP contribution in [0.1, 0.15) is 52.0 Å². The SMILES string of the molecule is C[C@@H]1CCC2[C@]34OO[C@](C)(CC[C@@H]13)O[C@@H]4O[C@]2(C)COC/C=C/c1ccccc1. The molecule has 0 radical (unpaired) electrons. The fourth-order valence-electron chi connectivity index (χ4n) is 6.02. The highest BCUT2D eigenvalue weighted by atomic mass is 17.3. The zero-order chi connectivity index (χ0) is 20.1. The van der Waals surface area contributed by atoms with Crippen LogP contribution in [0.2, 0.25) is 0 Å². The Morgan fingerprint density at radius 1 is 1.07 bits per heavy atom. The number of ether oxygens (including phenoxy) is 3. The molecule has 2 bridgehead atoms. The molecule has 158 valence electrons. The van der Waals surface area contributed by atoms with E-state index in [1.807, 2.05) is 25.1 Å². The van der Waals surface area contributed by atoms with Crippen LogP contribution in [0, 0.1) is 17.8 Å². The summed E-state index contributed by atoms with van der Waals surface area (Å²) in [5, 5.41) is 0. The molecular weight excluding hydrogens is 368 g/mol. The standard InChI is InChI=1S/C24H32O5/c1-17-11-12-20-22(2,16-25-15-7-10-18-8-5-4-6-9-18)26-21-24(20)19(17)13-14-23(3,27-21)28-29-24/h4-10,17,19-21H,11-16H2,1-3H3/b10-7+/t17-,19+,20?,21+,22-,23-,24-/m1/s1. The van der Waals surface area contributed by atoms with Crippen molar-refractivity contribution in [1.29, 1.82) is 0 Å². The Balaban J connectivity index is 1.31. The maximum atomic E-state index is 6.57. The number of benzene rings is 1. The third-order valence-corrected chi connectivity index (χ3v) is 7.54. The van der Waals surface area contributed by atoms with Crippen molar-refractivity contribution in [3.8, 4) is 0 Å². The van der Waals surface area contributed by atoms with Crippen LogP contribution in [0.4, 0.5) is 0 Å². The molecule has 29 heavy (non-hydrogen) atoms. The van der Waals surface area contributed by atoms with Gasteiger partial charge in [-0.3, -0.25) is 0 Å². The summed E-state index contributed by atoms with van der Waals surface area (Å²) in [5.41, 5.74) is 0.204. The first-order chi connectivity index (χ1) is 14.0. The van der Waals surface area contributed by atoms with Crippen molar-refractivity contribution in [1.82, 2.24) is 0 Å². The highest BCUT2D eigenvalue weighted by Crippen LogP contribution is 2.63. The molecule has 4 heterocycles. The van der Waals surface area contributed by atoms with Crippen LogP contribution < -0.4 is 0 Å². The van der Waals surface area contributed by atoms with Gasteiger partial charge in [0.25, 0.3) is 0 Å². The predicted molar refractivity (Wildman–Crippen MR) is 109 cm³/mol. The minimum absolute atomic E-state index is 0.196. The maximum Gasteiger partial charge on any atom is 0.201 e. The molecule has 0 N–H and O–H groups in total. The molecule has 1 unspecified atom stereocenters. The van der Waals surface area contributed by atoms with Crippen LogP contribution in [-0.2, 0) is 24.0 Å². The molecule has 1 spiro atoms. The Kier molecular flexibility index (Phi) is 4.87. The second-order valence-electron chi connectivity index (χ2n) is 9.61. The fourth-order valence-corrected chi connectivity index (χ4v) is 6.02. The first kappa shape index (κ1) is 19.7. The number of fused-ring (bicyclic) bond motifs is 2. The van der Waals surface area contributed by atoms with Gasteiger partial charge in [-0.25, -0.2) is 9.78 Å². The topological polar surface area (TPSA) is 46.2 Å². The van der Waals surface area contributed by atoms with Gasteiger partial charge in [0.2, 0.25) is 5.79 Å². The van der Waals surface area contributed by atoms with Crippen LogP contribution in [0.15, 0.2) is 36.4 Å². The fraction of sp³-hybridized carbons (Fsp3) is 0.667. The van der Waals surface area contributed by atoms with Gasteiger partial charge < -0.3 is 14.2 Å². The molecule has 0 aromatic heterocycles. The first-order valence-corrected chi connectivity index (χ1v) is 11.0. The second kappa shape index (κ2) is 7.17. The number of hydrogen-bond acceptors (Lipinski definition) is 5. The van der Waals surface area contributed by atoms with Crippen molar-refractivity contribution in [3.05, 3.63) is 42.0 Å². The Morgan fingerprint density at radius 3 is 2.72 bits per heavy atom. The lowest BCUT2D eigenvalue weighted by molar-refractivity contribution is -0.541. The molecule has 5 aliphatic rings. The smallest absolute Gasteiger partial charge is 0.201 e. The lowest BCUT2D eigenvalue weighted by Crippen LogP contribution is -2.62. The summed E-state index contributed by atoms with van der Waals surface area (Å²) in [7, 11) is 0. The number of hydrogen-bond donors (Lipinski definition) is 0.